The lowest BCUT2D eigenvalue weighted by Crippen LogP contribution is -2.36. The zero-order chi connectivity index (χ0) is 14.7. The molecule has 0 bridgehead atoms. The molecule has 4 heteroatoms. The van der Waals surface area contributed by atoms with Gasteiger partial charge in [-0.05, 0) is 44.5 Å². The smallest absolute Gasteiger partial charge is 0.261 e. The van der Waals surface area contributed by atoms with Gasteiger partial charge < -0.3 is 5.32 Å². The highest BCUT2D eigenvalue weighted by atomic mass is 16.1. The molecule has 0 atom stereocenters. The molecule has 0 spiro atoms. The molecular formula is C17H23N3O. The summed E-state index contributed by atoms with van der Waals surface area (Å²) < 4.78 is 1.98. The van der Waals surface area contributed by atoms with E-state index in [1.165, 1.54) is 0 Å². The van der Waals surface area contributed by atoms with Crippen LogP contribution in [-0.2, 0) is 6.42 Å². The number of aromatic nitrogens is 2. The van der Waals surface area contributed by atoms with Crippen molar-refractivity contribution in [2.24, 2.45) is 0 Å². The summed E-state index contributed by atoms with van der Waals surface area (Å²) in [6.07, 6.45) is 5.11. The summed E-state index contributed by atoms with van der Waals surface area (Å²) in [5.41, 5.74) is 0.970. The Kier molecular flexibility index (Phi) is 4.34. The maximum absolute atomic E-state index is 12.9. The zero-order valence-electron chi connectivity index (χ0n) is 12.6. The molecule has 1 aliphatic rings. The highest BCUT2D eigenvalue weighted by molar-refractivity contribution is 5.77. The van der Waals surface area contributed by atoms with Gasteiger partial charge in [-0.3, -0.25) is 9.36 Å². The number of benzene rings is 1. The zero-order valence-corrected chi connectivity index (χ0v) is 12.6. The Labute approximate surface area is 125 Å². The van der Waals surface area contributed by atoms with E-state index in [0.29, 0.717) is 6.04 Å². The summed E-state index contributed by atoms with van der Waals surface area (Å²) in [5, 5.41) is 4.11. The van der Waals surface area contributed by atoms with Crippen molar-refractivity contribution in [1.82, 2.24) is 14.9 Å². The predicted octanol–water partition coefficient (Wildman–Crippen LogP) is 2.66. The van der Waals surface area contributed by atoms with E-state index < -0.39 is 0 Å². The summed E-state index contributed by atoms with van der Waals surface area (Å²) in [5.74, 6) is 0.965. The van der Waals surface area contributed by atoms with Crippen molar-refractivity contribution in [2.75, 3.05) is 13.1 Å². The number of hydrogen-bond donors (Lipinski definition) is 1. The Morgan fingerprint density at radius 2 is 2.05 bits per heavy atom. The maximum atomic E-state index is 12.9. The molecule has 0 unspecified atom stereocenters. The second kappa shape index (κ2) is 6.39. The first-order valence-electron chi connectivity index (χ1n) is 8.02. The fraction of sp³-hybridized carbons (Fsp3) is 0.529. The Morgan fingerprint density at radius 3 is 2.81 bits per heavy atom. The summed E-state index contributed by atoms with van der Waals surface area (Å²) in [6.45, 7) is 4.14. The van der Waals surface area contributed by atoms with Gasteiger partial charge in [-0.25, -0.2) is 4.98 Å². The van der Waals surface area contributed by atoms with Crippen molar-refractivity contribution in [2.45, 2.75) is 45.1 Å². The summed E-state index contributed by atoms with van der Waals surface area (Å²) in [7, 11) is 0. The number of nitrogens with zero attached hydrogens (tertiary/aromatic N) is 2. The number of fused-ring (bicyclic) bond motifs is 1. The molecule has 0 radical (unpaired) electrons. The van der Waals surface area contributed by atoms with Gasteiger partial charge >= 0.3 is 0 Å². The highest BCUT2D eigenvalue weighted by Gasteiger charge is 2.20. The van der Waals surface area contributed by atoms with Crippen molar-refractivity contribution >= 4 is 10.9 Å². The summed E-state index contributed by atoms with van der Waals surface area (Å²) >= 11 is 0. The first-order valence-corrected chi connectivity index (χ1v) is 8.02. The minimum atomic E-state index is 0.138. The van der Waals surface area contributed by atoms with Crippen LogP contribution in [0.1, 0.15) is 44.5 Å². The van der Waals surface area contributed by atoms with Gasteiger partial charge in [-0.1, -0.05) is 25.5 Å². The first kappa shape index (κ1) is 14.3. The Hall–Kier alpha value is -1.68. The van der Waals surface area contributed by atoms with Gasteiger partial charge in [0.2, 0.25) is 0 Å². The van der Waals surface area contributed by atoms with Gasteiger partial charge in [0.25, 0.3) is 5.56 Å². The molecule has 1 saturated heterocycles. The fourth-order valence-electron chi connectivity index (χ4n) is 3.14. The maximum Gasteiger partial charge on any atom is 0.261 e. The third-order valence-electron chi connectivity index (χ3n) is 4.31. The van der Waals surface area contributed by atoms with Gasteiger partial charge in [-0.15, -0.1) is 0 Å². The van der Waals surface area contributed by atoms with Crippen molar-refractivity contribution in [3.8, 4) is 0 Å². The average molecular weight is 285 g/mol. The topological polar surface area (TPSA) is 46.9 Å². The number of piperidine rings is 1. The Bertz CT molecular complexity index is 671. The van der Waals surface area contributed by atoms with Gasteiger partial charge in [0, 0.05) is 12.5 Å². The van der Waals surface area contributed by atoms with Crippen LogP contribution in [0, 0.1) is 0 Å². The normalized spacial score (nSPS) is 16.4. The molecule has 0 aliphatic carbocycles. The largest absolute Gasteiger partial charge is 0.317 e. The molecule has 2 heterocycles. The monoisotopic (exact) mass is 285 g/mol. The number of nitrogens with one attached hydrogen (secondary N) is 1. The van der Waals surface area contributed by atoms with Crippen LogP contribution in [0.4, 0.5) is 0 Å². The molecule has 2 aromatic rings. The first-order chi connectivity index (χ1) is 10.3. The number of rotatable bonds is 4. The quantitative estimate of drug-likeness (QED) is 0.939. The molecule has 4 nitrogen and oxygen atoms in total. The van der Waals surface area contributed by atoms with Crippen LogP contribution in [0.15, 0.2) is 29.1 Å². The van der Waals surface area contributed by atoms with Gasteiger partial charge in [0.05, 0.1) is 10.9 Å². The van der Waals surface area contributed by atoms with Crippen molar-refractivity contribution in [1.29, 1.82) is 0 Å². The fourth-order valence-corrected chi connectivity index (χ4v) is 3.14. The molecule has 0 amide bonds. The molecule has 1 aliphatic heterocycles. The van der Waals surface area contributed by atoms with Crippen LogP contribution in [0.3, 0.4) is 0 Å². The Morgan fingerprint density at radius 1 is 1.29 bits per heavy atom. The predicted molar refractivity (Wildman–Crippen MR) is 85.8 cm³/mol. The molecule has 1 fully saturated rings. The van der Waals surface area contributed by atoms with Crippen LogP contribution in [0.5, 0.6) is 0 Å². The molecule has 0 saturated carbocycles. The third-order valence-corrected chi connectivity index (χ3v) is 4.31. The lowest BCUT2D eigenvalue weighted by Gasteiger charge is -2.27. The molecule has 3 rings (SSSR count). The van der Waals surface area contributed by atoms with Crippen molar-refractivity contribution in [3.05, 3.63) is 40.4 Å². The number of para-hydroxylation sites is 1. The van der Waals surface area contributed by atoms with Crippen molar-refractivity contribution < 1.29 is 0 Å². The van der Waals surface area contributed by atoms with Crippen LogP contribution in [0.2, 0.25) is 0 Å². The Balaban J connectivity index is 2.13. The van der Waals surface area contributed by atoms with Gasteiger partial charge in [-0.2, -0.15) is 0 Å². The van der Waals surface area contributed by atoms with Crippen LogP contribution in [-0.4, -0.2) is 22.6 Å². The minimum absolute atomic E-state index is 0.138. The van der Waals surface area contributed by atoms with Gasteiger partial charge in [0.15, 0.2) is 0 Å². The van der Waals surface area contributed by atoms with Crippen molar-refractivity contribution in [3.63, 3.8) is 0 Å². The second-order valence-electron chi connectivity index (χ2n) is 5.81. The SMILES string of the molecule is CCCCc1nc2ccccc2c(=O)n1C1CCNCC1. The molecule has 1 aromatic carbocycles. The summed E-state index contributed by atoms with van der Waals surface area (Å²) in [6, 6.07) is 8.00. The van der Waals surface area contributed by atoms with E-state index in [-0.39, 0.29) is 5.56 Å². The van der Waals surface area contributed by atoms with E-state index in [2.05, 4.69) is 12.2 Å². The summed E-state index contributed by atoms with van der Waals surface area (Å²) in [4.78, 5) is 17.7. The lowest BCUT2D eigenvalue weighted by molar-refractivity contribution is 0.349. The number of aryl methyl sites for hydroxylation is 1. The average Bonchev–Trinajstić information content (AvgIpc) is 2.54. The molecule has 1 aromatic heterocycles. The lowest BCUT2D eigenvalue weighted by atomic mass is 10.1. The third kappa shape index (κ3) is 2.86. The minimum Gasteiger partial charge on any atom is -0.317 e. The van der Waals surface area contributed by atoms with E-state index in [1.54, 1.807) is 0 Å². The molecule has 21 heavy (non-hydrogen) atoms. The number of unbranched alkanes of at least 4 members (excludes halogenated alkanes) is 1. The van der Waals surface area contributed by atoms with E-state index >= 15 is 0 Å². The molecular weight excluding hydrogens is 262 g/mol. The number of hydrogen-bond acceptors (Lipinski definition) is 3. The van der Waals surface area contributed by atoms with E-state index in [4.69, 9.17) is 4.98 Å². The van der Waals surface area contributed by atoms with E-state index in [9.17, 15) is 4.79 Å². The van der Waals surface area contributed by atoms with Gasteiger partial charge in [0.1, 0.15) is 5.82 Å². The highest BCUT2D eigenvalue weighted by Crippen LogP contribution is 2.20. The van der Waals surface area contributed by atoms with Crippen LogP contribution >= 0.6 is 0 Å². The molecule has 1 N–H and O–H groups in total. The van der Waals surface area contributed by atoms with E-state index in [0.717, 1.165) is 61.9 Å². The van der Waals surface area contributed by atoms with Crippen LogP contribution in [0.25, 0.3) is 10.9 Å². The molecule has 112 valence electrons. The second-order valence-corrected chi connectivity index (χ2v) is 5.81. The standard InChI is InChI=1S/C17H23N3O/c1-2-3-8-16-19-15-7-5-4-6-14(15)17(21)20(16)13-9-11-18-12-10-13/h4-7,13,18H,2-3,8-12H2,1H3. The van der Waals surface area contributed by atoms with E-state index in [1.807, 2.05) is 28.8 Å². The van der Waals surface area contributed by atoms with Crippen LogP contribution < -0.4 is 10.9 Å².